The number of nitrogen functional groups attached to an aromatic ring is 1. The van der Waals surface area contributed by atoms with Gasteiger partial charge in [-0.3, -0.25) is 0 Å². The van der Waals surface area contributed by atoms with E-state index in [1.54, 1.807) is 0 Å². The van der Waals surface area contributed by atoms with E-state index in [9.17, 15) is 0 Å². The molecule has 0 atom stereocenters. The van der Waals surface area contributed by atoms with Gasteiger partial charge in [0, 0.05) is 6.42 Å². The van der Waals surface area contributed by atoms with E-state index < -0.39 is 0 Å². The third-order valence-electron chi connectivity index (χ3n) is 2.47. The molecule has 2 aromatic rings. The summed E-state index contributed by atoms with van der Waals surface area (Å²) in [6, 6.07) is 5.90. The smallest absolute Gasteiger partial charge is 0.231 e. The van der Waals surface area contributed by atoms with Gasteiger partial charge in [0.2, 0.25) is 6.79 Å². The first kappa shape index (κ1) is 10.9. The Morgan fingerprint density at radius 3 is 2.94 bits per heavy atom. The number of ether oxygens (including phenoxy) is 2. The molecule has 3 rings (SSSR count). The van der Waals surface area contributed by atoms with Crippen LogP contribution in [0.25, 0.3) is 0 Å². The summed E-state index contributed by atoms with van der Waals surface area (Å²) >= 11 is 4.90. The molecule has 0 saturated carbocycles. The first-order valence-electron chi connectivity index (χ1n) is 5.01. The first-order chi connectivity index (χ1) is 8.22. The van der Waals surface area contributed by atoms with Crippen molar-refractivity contribution >= 4 is 32.4 Å². The van der Waals surface area contributed by atoms with Gasteiger partial charge in [-0.25, -0.2) is 4.98 Å². The van der Waals surface area contributed by atoms with Crippen molar-refractivity contribution in [2.24, 2.45) is 0 Å². The number of hydrogen-bond acceptors (Lipinski definition) is 5. The summed E-state index contributed by atoms with van der Waals surface area (Å²) < 4.78 is 11.6. The second-order valence-electron chi connectivity index (χ2n) is 3.64. The summed E-state index contributed by atoms with van der Waals surface area (Å²) in [5.41, 5.74) is 7.73. The molecule has 1 aliphatic rings. The summed E-state index contributed by atoms with van der Waals surface area (Å²) in [6.07, 6.45) is 0.727. The van der Waals surface area contributed by atoms with E-state index in [2.05, 4.69) is 20.9 Å². The summed E-state index contributed by atoms with van der Waals surface area (Å²) in [4.78, 5) is 4.28. The SMILES string of the molecule is Nc1nc(Cc2ccc3c(c2)OCO3)c(Br)s1. The molecule has 0 fully saturated rings. The number of halogens is 1. The Bertz CT molecular complexity index is 571. The first-order valence-corrected chi connectivity index (χ1v) is 6.62. The van der Waals surface area contributed by atoms with Crippen LogP contribution in [-0.2, 0) is 6.42 Å². The minimum atomic E-state index is 0.298. The maximum Gasteiger partial charge on any atom is 0.231 e. The number of nitrogens with zero attached hydrogens (tertiary/aromatic N) is 1. The van der Waals surface area contributed by atoms with Crippen LogP contribution in [0.3, 0.4) is 0 Å². The Labute approximate surface area is 111 Å². The molecule has 4 nitrogen and oxygen atoms in total. The zero-order valence-electron chi connectivity index (χ0n) is 8.77. The lowest BCUT2D eigenvalue weighted by Crippen LogP contribution is -1.93. The molecule has 17 heavy (non-hydrogen) atoms. The average Bonchev–Trinajstić information content (AvgIpc) is 2.85. The predicted molar refractivity (Wildman–Crippen MR) is 69.6 cm³/mol. The van der Waals surface area contributed by atoms with E-state index >= 15 is 0 Å². The molecule has 6 heteroatoms. The van der Waals surface area contributed by atoms with E-state index in [1.165, 1.54) is 11.3 Å². The molecule has 2 heterocycles. The van der Waals surface area contributed by atoms with Crippen molar-refractivity contribution in [3.63, 3.8) is 0 Å². The number of thiazole rings is 1. The fourth-order valence-corrected chi connectivity index (χ4v) is 3.01. The highest BCUT2D eigenvalue weighted by Gasteiger charge is 2.14. The Morgan fingerprint density at radius 1 is 1.35 bits per heavy atom. The van der Waals surface area contributed by atoms with Crippen LogP contribution in [0.2, 0.25) is 0 Å². The van der Waals surface area contributed by atoms with Crippen LogP contribution >= 0.6 is 27.3 Å². The molecule has 2 N–H and O–H groups in total. The summed E-state index contributed by atoms with van der Waals surface area (Å²) in [5.74, 6) is 1.59. The van der Waals surface area contributed by atoms with Crippen LogP contribution in [0.15, 0.2) is 22.0 Å². The molecule has 0 spiro atoms. The van der Waals surface area contributed by atoms with Crippen LogP contribution < -0.4 is 15.2 Å². The van der Waals surface area contributed by atoms with Gasteiger partial charge >= 0.3 is 0 Å². The van der Waals surface area contributed by atoms with Gasteiger partial charge in [-0.15, -0.1) is 0 Å². The molecule has 1 aromatic heterocycles. The van der Waals surface area contributed by atoms with Crippen molar-refractivity contribution in [2.75, 3.05) is 12.5 Å². The molecular weight excluding hydrogens is 304 g/mol. The molecule has 1 aliphatic heterocycles. The number of hydrogen-bond donors (Lipinski definition) is 1. The zero-order valence-corrected chi connectivity index (χ0v) is 11.2. The third kappa shape index (κ3) is 2.10. The number of rotatable bonds is 2. The normalized spacial score (nSPS) is 13.0. The lowest BCUT2D eigenvalue weighted by Gasteiger charge is -2.01. The molecule has 0 bridgehead atoms. The van der Waals surface area contributed by atoms with Crippen LogP contribution in [0.5, 0.6) is 11.5 Å². The van der Waals surface area contributed by atoms with Gasteiger partial charge in [0.05, 0.1) is 9.48 Å². The largest absolute Gasteiger partial charge is 0.454 e. The van der Waals surface area contributed by atoms with Gasteiger partial charge in [-0.2, -0.15) is 0 Å². The molecule has 0 amide bonds. The summed E-state index contributed by atoms with van der Waals surface area (Å²) in [7, 11) is 0. The fraction of sp³-hybridized carbons (Fsp3) is 0.182. The van der Waals surface area contributed by atoms with E-state index in [4.69, 9.17) is 15.2 Å². The Balaban J connectivity index is 1.88. The summed E-state index contributed by atoms with van der Waals surface area (Å²) in [6.45, 7) is 0.298. The molecule has 0 saturated heterocycles. The van der Waals surface area contributed by atoms with Gasteiger partial charge in [-0.05, 0) is 33.6 Å². The fourth-order valence-electron chi connectivity index (χ4n) is 1.70. The van der Waals surface area contributed by atoms with Gasteiger partial charge in [0.1, 0.15) is 0 Å². The van der Waals surface area contributed by atoms with Crippen molar-refractivity contribution in [1.82, 2.24) is 4.98 Å². The van der Waals surface area contributed by atoms with E-state index in [-0.39, 0.29) is 0 Å². The molecule has 0 unspecified atom stereocenters. The molecule has 1 aromatic carbocycles. The van der Waals surface area contributed by atoms with Crippen molar-refractivity contribution < 1.29 is 9.47 Å². The minimum Gasteiger partial charge on any atom is -0.454 e. The number of benzene rings is 1. The van der Waals surface area contributed by atoms with Crippen molar-refractivity contribution in [3.8, 4) is 11.5 Å². The van der Waals surface area contributed by atoms with Crippen LogP contribution in [0.1, 0.15) is 11.3 Å². The number of nitrogens with two attached hydrogens (primary N) is 1. The Hall–Kier alpha value is -1.27. The van der Waals surface area contributed by atoms with Crippen molar-refractivity contribution in [1.29, 1.82) is 0 Å². The minimum absolute atomic E-state index is 0.298. The second-order valence-corrected chi connectivity index (χ2v) is 5.99. The zero-order chi connectivity index (χ0) is 11.8. The standard InChI is InChI=1S/C11H9BrN2O2S/c12-10-7(14-11(13)17-10)3-6-1-2-8-9(4-6)16-5-15-8/h1-2,4H,3,5H2,(H2,13,14). The molecule has 0 aliphatic carbocycles. The molecule has 0 radical (unpaired) electrons. The topological polar surface area (TPSA) is 57.4 Å². The quantitative estimate of drug-likeness (QED) is 0.926. The second kappa shape index (κ2) is 4.19. The highest BCUT2D eigenvalue weighted by Crippen LogP contribution is 2.34. The van der Waals surface area contributed by atoms with Gasteiger partial charge in [-0.1, -0.05) is 17.4 Å². The van der Waals surface area contributed by atoms with Crippen LogP contribution in [0, 0.1) is 0 Å². The lowest BCUT2D eigenvalue weighted by molar-refractivity contribution is 0.174. The van der Waals surface area contributed by atoms with Crippen molar-refractivity contribution in [2.45, 2.75) is 6.42 Å². The van der Waals surface area contributed by atoms with E-state index in [0.717, 1.165) is 33.0 Å². The van der Waals surface area contributed by atoms with Gasteiger partial charge in [0.15, 0.2) is 16.6 Å². The third-order valence-corrected chi connectivity index (χ3v) is 4.13. The number of aromatic nitrogens is 1. The lowest BCUT2D eigenvalue weighted by atomic mass is 10.1. The summed E-state index contributed by atoms with van der Waals surface area (Å²) in [5, 5.41) is 0.576. The average molecular weight is 313 g/mol. The van der Waals surface area contributed by atoms with E-state index in [0.29, 0.717) is 11.9 Å². The van der Waals surface area contributed by atoms with Crippen LogP contribution in [-0.4, -0.2) is 11.8 Å². The van der Waals surface area contributed by atoms with Gasteiger partial charge < -0.3 is 15.2 Å². The molecular formula is C11H9BrN2O2S. The van der Waals surface area contributed by atoms with Crippen molar-refractivity contribution in [3.05, 3.63) is 33.2 Å². The predicted octanol–water partition coefficient (Wildman–Crippen LogP) is 2.81. The Morgan fingerprint density at radius 2 is 2.18 bits per heavy atom. The highest BCUT2D eigenvalue weighted by molar-refractivity contribution is 9.11. The van der Waals surface area contributed by atoms with Gasteiger partial charge in [0.25, 0.3) is 0 Å². The maximum absolute atomic E-state index is 5.66. The molecule has 88 valence electrons. The number of anilines is 1. The van der Waals surface area contributed by atoms with Crippen LogP contribution in [0.4, 0.5) is 5.13 Å². The number of fused-ring (bicyclic) bond motifs is 1. The van der Waals surface area contributed by atoms with E-state index in [1.807, 2.05) is 18.2 Å². The highest BCUT2D eigenvalue weighted by atomic mass is 79.9. The Kier molecular flexibility index (Phi) is 2.68. The maximum atomic E-state index is 5.66. The monoisotopic (exact) mass is 312 g/mol.